The normalized spacial score (nSPS) is 12.3. The fraction of sp³-hybridized carbons (Fsp3) is 0.438. The lowest BCUT2D eigenvalue weighted by molar-refractivity contribution is 0.397. The van der Waals surface area contributed by atoms with E-state index in [9.17, 15) is 0 Å². The summed E-state index contributed by atoms with van der Waals surface area (Å²) in [6, 6.07) is 6.57. The van der Waals surface area contributed by atoms with Gasteiger partial charge in [0.15, 0.2) is 0 Å². The number of aromatic nitrogens is 1. The topological polar surface area (TPSA) is 34.1 Å². The van der Waals surface area contributed by atoms with Gasteiger partial charge in [-0.1, -0.05) is 13.0 Å². The summed E-state index contributed by atoms with van der Waals surface area (Å²) in [5, 5.41) is 5.81. The zero-order valence-corrected chi connectivity index (χ0v) is 13.2. The van der Waals surface area contributed by atoms with Crippen LogP contribution in [0.15, 0.2) is 29.8 Å². The van der Waals surface area contributed by atoms with Gasteiger partial charge in [0.2, 0.25) is 5.88 Å². The Hall–Kier alpha value is -1.39. The summed E-state index contributed by atoms with van der Waals surface area (Å²) in [5.74, 6) is 0.666. The van der Waals surface area contributed by atoms with Crippen LogP contribution in [0.3, 0.4) is 0 Å². The zero-order chi connectivity index (χ0) is 14.4. The smallest absolute Gasteiger partial charge is 0.212 e. The van der Waals surface area contributed by atoms with Crippen LogP contribution in [0.5, 0.6) is 5.88 Å². The first-order valence-corrected chi connectivity index (χ1v) is 7.88. The number of nitrogens with one attached hydrogen (secondary N) is 1. The Morgan fingerprint density at radius 3 is 2.75 bits per heavy atom. The number of rotatable bonds is 7. The second kappa shape index (κ2) is 7.41. The molecule has 0 fully saturated rings. The minimum atomic E-state index is 0.366. The summed E-state index contributed by atoms with van der Waals surface area (Å²) in [7, 11) is 1.64. The van der Waals surface area contributed by atoms with E-state index < -0.39 is 0 Å². The van der Waals surface area contributed by atoms with Crippen LogP contribution in [0.1, 0.15) is 35.4 Å². The summed E-state index contributed by atoms with van der Waals surface area (Å²) >= 11 is 1.83. The summed E-state index contributed by atoms with van der Waals surface area (Å²) in [5.41, 5.74) is 2.59. The lowest BCUT2D eigenvalue weighted by Gasteiger charge is -2.18. The quantitative estimate of drug-likeness (QED) is 0.843. The van der Waals surface area contributed by atoms with Crippen LogP contribution in [-0.4, -0.2) is 18.6 Å². The number of nitrogens with zero attached hydrogens (tertiary/aromatic N) is 1. The standard InChI is InChI=1S/C16H22N2OS/c1-4-8-17-14(16-12(2)7-9-20-16)10-13-5-6-15(19-3)18-11-13/h5-7,9,11,14,17H,4,8,10H2,1-3H3. The molecule has 0 amide bonds. The Morgan fingerprint density at radius 1 is 1.35 bits per heavy atom. The van der Waals surface area contributed by atoms with Crippen molar-refractivity contribution in [3.8, 4) is 5.88 Å². The molecule has 2 aromatic rings. The van der Waals surface area contributed by atoms with Gasteiger partial charge >= 0.3 is 0 Å². The second-order valence-electron chi connectivity index (χ2n) is 4.89. The second-order valence-corrected chi connectivity index (χ2v) is 5.84. The predicted molar refractivity (Wildman–Crippen MR) is 84.6 cm³/mol. The molecule has 2 aromatic heterocycles. The van der Waals surface area contributed by atoms with E-state index in [1.807, 2.05) is 23.6 Å². The van der Waals surface area contributed by atoms with Crippen LogP contribution in [0.4, 0.5) is 0 Å². The molecule has 108 valence electrons. The molecule has 0 spiro atoms. The first-order chi connectivity index (χ1) is 9.74. The average molecular weight is 290 g/mol. The van der Waals surface area contributed by atoms with Crippen molar-refractivity contribution in [1.29, 1.82) is 0 Å². The summed E-state index contributed by atoms with van der Waals surface area (Å²) in [6.07, 6.45) is 4.00. The maximum Gasteiger partial charge on any atom is 0.212 e. The molecule has 1 N–H and O–H groups in total. The molecule has 0 aromatic carbocycles. The molecule has 2 rings (SSSR count). The van der Waals surface area contributed by atoms with Gasteiger partial charge < -0.3 is 10.1 Å². The van der Waals surface area contributed by atoms with E-state index in [2.05, 4.69) is 41.7 Å². The Kier molecular flexibility index (Phi) is 5.56. The Morgan fingerprint density at radius 2 is 2.20 bits per heavy atom. The molecule has 3 nitrogen and oxygen atoms in total. The minimum Gasteiger partial charge on any atom is -0.481 e. The number of aryl methyl sites for hydroxylation is 1. The van der Waals surface area contributed by atoms with Crippen molar-refractivity contribution in [1.82, 2.24) is 10.3 Å². The van der Waals surface area contributed by atoms with Gasteiger partial charge in [0.05, 0.1) is 7.11 Å². The van der Waals surface area contributed by atoms with E-state index in [-0.39, 0.29) is 0 Å². The molecular formula is C16H22N2OS. The Balaban J connectivity index is 2.12. The van der Waals surface area contributed by atoms with E-state index in [4.69, 9.17) is 4.74 Å². The SMILES string of the molecule is CCCNC(Cc1ccc(OC)nc1)c1sccc1C. The third kappa shape index (κ3) is 3.81. The van der Waals surface area contributed by atoms with Gasteiger partial charge in [0, 0.05) is 23.2 Å². The van der Waals surface area contributed by atoms with Crippen LogP contribution in [0.25, 0.3) is 0 Å². The van der Waals surface area contributed by atoms with Gasteiger partial charge in [-0.25, -0.2) is 4.98 Å². The highest BCUT2D eigenvalue weighted by molar-refractivity contribution is 7.10. The van der Waals surface area contributed by atoms with Crippen molar-refractivity contribution in [3.63, 3.8) is 0 Å². The maximum atomic E-state index is 5.11. The third-order valence-corrected chi connectivity index (χ3v) is 4.44. The highest BCUT2D eigenvalue weighted by Crippen LogP contribution is 2.27. The molecule has 0 saturated heterocycles. The molecule has 1 atom stereocenters. The molecule has 0 aliphatic heterocycles. The van der Waals surface area contributed by atoms with Crippen molar-refractivity contribution in [2.45, 2.75) is 32.7 Å². The highest BCUT2D eigenvalue weighted by Gasteiger charge is 2.15. The van der Waals surface area contributed by atoms with Crippen LogP contribution in [-0.2, 0) is 6.42 Å². The predicted octanol–water partition coefficient (Wildman–Crippen LogP) is 3.74. The summed E-state index contributed by atoms with van der Waals surface area (Å²) < 4.78 is 5.11. The van der Waals surface area contributed by atoms with Crippen molar-refractivity contribution < 1.29 is 4.74 Å². The average Bonchev–Trinajstić information content (AvgIpc) is 2.90. The van der Waals surface area contributed by atoms with Gasteiger partial charge in [0.25, 0.3) is 0 Å². The first-order valence-electron chi connectivity index (χ1n) is 7.01. The van der Waals surface area contributed by atoms with E-state index >= 15 is 0 Å². The van der Waals surface area contributed by atoms with E-state index in [1.165, 1.54) is 16.0 Å². The number of thiophene rings is 1. The van der Waals surface area contributed by atoms with Gasteiger partial charge in [0.1, 0.15) is 0 Å². The van der Waals surface area contributed by atoms with Crippen LogP contribution < -0.4 is 10.1 Å². The lowest BCUT2D eigenvalue weighted by Crippen LogP contribution is -2.24. The largest absolute Gasteiger partial charge is 0.481 e. The molecule has 0 radical (unpaired) electrons. The summed E-state index contributed by atoms with van der Waals surface area (Å²) in [4.78, 5) is 5.71. The molecule has 2 heterocycles. The highest BCUT2D eigenvalue weighted by atomic mass is 32.1. The van der Waals surface area contributed by atoms with Crippen molar-refractivity contribution in [2.75, 3.05) is 13.7 Å². The number of ether oxygens (including phenoxy) is 1. The van der Waals surface area contributed by atoms with E-state index in [1.54, 1.807) is 7.11 Å². The lowest BCUT2D eigenvalue weighted by atomic mass is 10.0. The molecule has 20 heavy (non-hydrogen) atoms. The number of hydrogen-bond acceptors (Lipinski definition) is 4. The van der Waals surface area contributed by atoms with Gasteiger partial charge in [-0.3, -0.25) is 0 Å². The monoisotopic (exact) mass is 290 g/mol. The Labute approximate surface area is 125 Å². The molecule has 0 aliphatic carbocycles. The first kappa shape index (κ1) is 15.0. The number of pyridine rings is 1. The van der Waals surface area contributed by atoms with Crippen LogP contribution in [0, 0.1) is 6.92 Å². The fourth-order valence-corrected chi connectivity index (χ4v) is 3.21. The maximum absolute atomic E-state index is 5.11. The zero-order valence-electron chi connectivity index (χ0n) is 12.3. The van der Waals surface area contributed by atoms with Crippen LogP contribution >= 0.6 is 11.3 Å². The Bertz CT molecular complexity index is 522. The fourth-order valence-electron chi connectivity index (χ4n) is 2.21. The van der Waals surface area contributed by atoms with Crippen LogP contribution in [0.2, 0.25) is 0 Å². The van der Waals surface area contributed by atoms with Crippen molar-refractivity contribution in [3.05, 3.63) is 45.8 Å². The molecule has 1 unspecified atom stereocenters. The van der Waals surface area contributed by atoms with Crippen molar-refractivity contribution >= 4 is 11.3 Å². The number of hydrogen-bond donors (Lipinski definition) is 1. The molecule has 0 saturated carbocycles. The summed E-state index contributed by atoms with van der Waals surface area (Å²) in [6.45, 7) is 5.41. The van der Waals surface area contributed by atoms with Gasteiger partial charge in [-0.15, -0.1) is 11.3 Å². The minimum absolute atomic E-state index is 0.366. The van der Waals surface area contributed by atoms with Gasteiger partial charge in [-0.05, 0) is 48.9 Å². The molecule has 0 aliphatic rings. The molecule has 4 heteroatoms. The molecular weight excluding hydrogens is 268 g/mol. The number of methoxy groups -OCH3 is 1. The third-order valence-electron chi connectivity index (χ3n) is 3.31. The van der Waals surface area contributed by atoms with E-state index in [0.717, 1.165) is 19.4 Å². The van der Waals surface area contributed by atoms with E-state index in [0.29, 0.717) is 11.9 Å². The molecule has 0 bridgehead atoms. The van der Waals surface area contributed by atoms with Gasteiger partial charge in [-0.2, -0.15) is 0 Å². The van der Waals surface area contributed by atoms with Crippen molar-refractivity contribution in [2.24, 2.45) is 0 Å².